The molecule has 6 nitrogen and oxygen atoms in total. The standard InChI is InChI=1S/C18H21ClN4O2/c19-13-4-2-12(3-5-13)16-14-10-23(9-6-15(14)21-22-16)17(24)18(25)7-1-8-20-11-18/h2-5,20,25H,1,6-11H2,(H,21,22). The number of piperidine rings is 1. The Morgan fingerprint density at radius 1 is 1.32 bits per heavy atom. The number of amides is 1. The number of rotatable bonds is 2. The largest absolute Gasteiger partial charge is 0.379 e. The molecule has 25 heavy (non-hydrogen) atoms. The number of nitrogens with one attached hydrogen (secondary N) is 2. The number of aliphatic hydroxyl groups is 1. The van der Waals surface area contributed by atoms with E-state index < -0.39 is 5.60 Å². The van der Waals surface area contributed by atoms with Gasteiger partial charge in [0.1, 0.15) is 0 Å². The average molecular weight is 361 g/mol. The van der Waals surface area contributed by atoms with Crippen LogP contribution in [0, 0.1) is 0 Å². The summed E-state index contributed by atoms with van der Waals surface area (Å²) in [6.07, 6.45) is 2.03. The number of carbonyl (C=O) groups is 1. The van der Waals surface area contributed by atoms with Crippen LogP contribution in [0.4, 0.5) is 0 Å². The Morgan fingerprint density at radius 2 is 2.12 bits per heavy atom. The summed E-state index contributed by atoms with van der Waals surface area (Å²) in [4.78, 5) is 14.6. The molecule has 1 aromatic carbocycles. The lowest BCUT2D eigenvalue weighted by Gasteiger charge is -2.37. The molecule has 0 bridgehead atoms. The quantitative estimate of drug-likeness (QED) is 0.761. The van der Waals surface area contributed by atoms with Crippen LogP contribution in [0.1, 0.15) is 24.1 Å². The first kappa shape index (κ1) is 16.6. The minimum absolute atomic E-state index is 0.186. The third-order valence-corrected chi connectivity index (χ3v) is 5.35. The molecule has 0 saturated carbocycles. The van der Waals surface area contributed by atoms with E-state index in [4.69, 9.17) is 11.6 Å². The molecule has 7 heteroatoms. The molecule has 2 aromatic rings. The fourth-order valence-electron chi connectivity index (χ4n) is 3.68. The van der Waals surface area contributed by atoms with Gasteiger partial charge in [0.15, 0.2) is 5.60 Å². The third-order valence-electron chi connectivity index (χ3n) is 5.10. The molecule has 1 amide bonds. The molecule has 1 unspecified atom stereocenters. The van der Waals surface area contributed by atoms with Gasteiger partial charge in [0, 0.05) is 47.9 Å². The minimum Gasteiger partial charge on any atom is -0.379 e. The summed E-state index contributed by atoms with van der Waals surface area (Å²) in [5.74, 6) is -0.186. The molecular weight excluding hydrogens is 340 g/mol. The number of halogens is 1. The van der Waals surface area contributed by atoms with E-state index in [1.165, 1.54) is 0 Å². The van der Waals surface area contributed by atoms with Gasteiger partial charge in [0.2, 0.25) is 0 Å². The molecule has 1 fully saturated rings. The van der Waals surface area contributed by atoms with Gasteiger partial charge in [0.25, 0.3) is 5.91 Å². The lowest BCUT2D eigenvalue weighted by atomic mass is 9.91. The van der Waals surface area contributed by atoms with E-state index >= 15 is 0 Å². The zero-order chi connectivity index (χ0) is 17.4. The second kappa shape index (κ2) is 6.44. The van der Waals surface area contributed by atoms with E-state index in [1.807, 2.05) is 24.3 Å². The SMILES string of the molecule is O=C(N1CCc2[nH]nc(-c3ccc(Cl)cc3)c2C1)C1(O)CCCNC1. The Morgan fingerprint density at radius 3 is 2.84 bits per heavy atom. The molecule has 132 valence electrons. The first-order chi connectivity index (χ1) is 12.1. The summed E-state index contributed by atoms with van der Waals surface area (Å²) >= 11 is 5.97. The zero-order valence-corrected chi connectivity index (χ0v) is 14.6. The molecule has 1 atom stereocenters. The highest BCUT2D eigenvalue weighted by molar-refractivity contribution is 6.30. The molecule has 1 saturated heterocycles. The van der Waals surface area contributed by atoms with Crippen LogP contribution in [0.2, 0.25) is 5.02 Å². The van der Waals surface area contributed by atoms with Gasteiger partial charge in [-0.2, -0.15) is 5.10 Å². The maximum Gasteiger partial charge on any atom is 0.256 e. The minimum atomic E-state index is -1.29. The molecule has 2 aliphatic heterocycles. The van der Waals surface area contributed by atoms with Crippen LogP contribution in [0.3, 0.4) is 0 Å². The third kappa shape index (κ3) is 3.05. The normalized spacial score (nSPS) is 23.4. The fraction of sp³-hybridized carbons (Fsp3) is 0.444. The van der Waals surface area contributed by atoms with Crippen LogP contribution in [-0.4, -0.2) is 51.3 Å². The Bertz CT molecular complexity index is 781. The number of hydrogen-bond acceptors (Lipinski definition) is 4. The van der Waals surface area contributed by atoms with Crippen molar-refractivity contribution in [3.05, 3.63) is 40.5 Å². The smallest absolute Gasteiger partial charge is 0.256 e. The second-order valence-electron chi connectivity index (χ2n) is 6.82. The van der Waals surface area contributed by atoms with Crippen molar-refractivity contribution in [2.45, 2.75) is 31.4 Å². The van der Waals surface area contributed by atoms with Crippen molar-refractivity contribution in [3.63, 3.8) is 0 Å². The van der Waals surface area contributed by atoms with Gasteiger partial charge < -0.3 is 15.3 Å². The van der Waals surface area contributed by atoms with E-state index in [0.29, 0.717) is 37.5 Å². The van der Waals surface area contributed by atoms with Crippen molar-refractivity contribution in [1.82, 2.24) is 20.4 Å². The van der Waals surface area contributed by atoms with E-state index in [9.17, 15) is 9.90 Å². The molecule has 4 rings (SSSR count). The van der Waals surface area contributed by atoms with Crippen molar-refractivity contribution < 1.29 is 9.90 Å². The van der Waals surface area contributed by atoms with Gasteiger partial charge in [-0.25, -0.2) is 0 Å². The van der Waals surface area contributed by atoms with Crippen molar-refractivity contribution in [2.75, 3.05) is 19.6 Å². The number of hydrogen-bond donors (Lipinski definition) is 3. The zero-order valence-electron chi connectivity index (χ0n) is 13.9. The van der Waals surface area contributed by atoms with Crippen molar-refractivity contribution >= 4 is 17.5 Å². The molecule has 1 aromatic heterocycles. The number of aromatic amines is 1. The second-order valence-corrected chi connectivity index (χ2v) is 7.26. The fourth-order valence-corrected chi connectivity index (χ4v) is 3.81. The monoisotopic (exact) mass is 360 g/mol. The summed E-state index contributed by atoms with van der Waals surface area (Å²) in [6, 6.07) is 7.52. The summed E-state index contributed by atoms with van der Waals surface area (Å²) in [7, 11) is 0. The number of β-amino-alcohol motifs (C(OH)–C–C–N with tert-alkyl or cyclic N) is 1. The van der Waals surface area contributed by atoms with Crippen LogP contribution in [0.5, 0.6) is 0 Å². The highest BCUT2D eigenvalue weighted by atomic mass is 35.5. The van der Waals surface area contributed by atoms with E-state index in [2.05, 4.69) is 15.5 Å². The van der Waals surface area contributed by atoms with Gasteiger partial charge in [-0.3, -0.25) is 9.89 Å². The van der Waals surface area contributed by atoms with Gasteiger partial charge in [-0.15, -0.1) is 0 Å². The van der Waals surface area contributed by atoms with Crippen molar-refractivity contribution in [1.29, 1.82) is 0 Å². The first-order valence-corrected chi connectivity index (χ1v) is 8.99. The molecule has 2 aliphatic rings. The number of H-pyrrole nitrogens is 1. The Hall–Kier alpha value is -1.89. The average Bonchev–Trinajstić information content (AvgIpc) is 3.05. The van der Waals surface area contributed by atoms with E-state index in [0.717, 1.165) is 35.5 Å². The van der Waals surface area contributed by atoms with Crippen LogP contribution in [0.25, 0.3) is 11.3 Å². The number of carbonyl (C=O) groups excluding carboxylic acids is 1. The predicted octanol–water partition coefficient (Wildman–Crippen LogP) is 1.73. The highest BCUT2D eigenvalue weighted by Gasteiger charge is 2.41. The molecular formula is C18H21ClN4O2. The predicted molar refractivity (Wildman–Crippen MR) is 95.2 cm³/mol. The van der Waals surface area contributed by atoms with Gasteiger partial charge >= 0.3 is 0 Å². The maximum absolute atomic E-state index is 12.9. The molecule has 0 spiro atoms. The highest BCUT2D eigenvalue weighted by Crippen LogP contribution is 2.30. The van der Waals surface area contributed by atoms with Crippen LogP contribution < -0.4 is 5.32 Å². The lowest BCUT2D eigenvalue weighted by molar-refractivity contribution is -0.154. The van der Waals surface area contributed by atoms with Crippen LogP contribution in [0.15, 0.2) is 24.3 Å². The molecule has 0 radical (unpaired) electrons. The molecule has 3 N–H and O–H groups in total. The van der Waals surface area contributed by atoms with Crippen molar-refractivity contribution in [3.8, 4) is 11.3 Å². The first-order valence-electron chi connectivity index (χ1n) is 8.61. The number of aromatic nitrogens is 2. The molecule has 0 aliphatic carbocycles. The summed E-state index contributed by atoms with van der Waals surface area (Å²) < 4.78 is 0. The van der Waals surface area contributed by atoms with E-state index in [-0.39, 0.29) is 5.91 Å². The number of fused-ring (bicyclic) bond motifs is 1. The van der Waals surface area contributed by atoms with Crippen LogP contribution in [-0.2, 0) is 17.8 Å². The number of nitrogens with zero attached hydrogens (tertiary/aromatic N) is 2. The van der Waals surface area contributed by atoms with Gasteiger partial charge in [0.05, 0.1) is 5.69 Å². The van der Waals surface area contributed by atoms with Gasteiger partial charge in [-0.05, 0) is 31.5 Å². The Kier molecular flexibility index (Phi) is 4.27. The summed E-state index contributed by atoms with van der Waals surface area (Å²) in [5, 5.41) is 22.0. The van der Waals surface area contributed by atoms with Crippen molar-refractivity contribution in [2.24, 2.45) is 0 Å². The number of benzene rings is 1. The van der Waals surface area contributed by atoms with Gasteiger partial charge in [-0.1, -0.05) is 23.7 Å². The Balaban J connectivity index is 1.59. The summed E-state index contributed by atoms with van der Waals surface area (Å²) in [6.45, 7) is 2.23. The summed E-state index contributed by atoms with van der Waals surface area (Å²) in [5.41, 5.74) is 2.60. The van der Waals surface area contributed by atoms with E-state index in [1.54, 1.807) is 4.90 Å². The maximum atomic E-state index is 12.9. The topological polar surface area (TPSA) is 81.2 Å². The van der Waals surface area contributed by atoms with Crippen LogP contribution >= 0.6 is 11.6 Å². The Labute approximate surface area is 151 Å². The molecule has 3 heterocycles. The lowest BCUT2D eigenvalue weighted by Crippen LogP contribution is -2.57.